The minimum atomic E-state index is -3.76. The molecule has 1 heterocycles. The Hall–Kier alpha value is -1.61. The SMILES string of the molecule is Cc1n[nH]c(C)c1S(=O)(=O)N(CC(N)=NO)C(C)C. The maximum Gasteiger partial charge on any atom is 0.247 e. The summed E-state index contributed by atoms with van der Waals surface area (Å²) in [6, 6.07) is -0.334. The van der Waals surface area contributed by atoms with Crippen LogP contribution in [0.4, 0.5) is 0 Å². The Morgan fingerprint density at radius 2 is 2.11 bits per heavy atom. The molecular weight excluding hydrogens is 270 g/mol. The topological polar surface area (TPSA) is 125 Å². The van der Waals surface area contributed by atoms with Gasteiger partial charge in [-0.3, -0.25) is 5.10 Å². The zero-order valence-corrected chi connectivity index (χ0v) is 12.2. The lowest BCUT2D eigenvalue weighted by molar-refractivity contribution is 0.312. The number of aryl methyl sites for hydroxylation is 2. The maximum absolute atomic E-state index is 12.6. The molecule has 0 aliphatic heterocycles. The van der Waals surface area contributed by atoms with Crippen molar-refractivity contribution in [2.24, 2.45) is 10.9 Å². The van der Waals surface area contributed by atoms with Crippen LogP contribution < -0.4 is 5.73 Å². The van der Waals surface area contributed by atoms with Crippen molar-refractivity contribution in [3.63, 3.8) is 0 Å². The average molecular weight is 289 g/mol. The van der Waals surface area contributed by atoms with Crippen molar-refractivity contribution in [3.8, 4) is 0 Å². The van der Waals surface area contributed by atoms with Crippen LogP contribution in [0.1, 0.15) is 25.2 Å². The molecule has 0 unspecified atom stereocenters. The Kier molecular flexibility index (Phi) is 4.53. The number of nitrogens with zero attached hydrogens (tertiary/aromatic N) is 3. The summed E-state index contributed by atoms with van der Waals surface area (Å²) in [5, 5.41) is 17.9. The van der Waals surface area contributed by atoms with E-state index in [1.54, 1.807) is 27.7 Å². The first kappa shape index (κ1) is 15.4. The molecule has 19 heavy (non-hydrogen) atoms. The maximum atomic E-state index is 12.6. The summed E-state index contributed by atoms with van der Waals surface area (Å²) >= 11 is 0. The monoisotopic (exact) mass is 289 g/mol. The van der Waals surface area contributed by atoms with Gasteiger partial charge in [0.2, 0.25) is 10.0 Å². The van der Waals surface area contributed by atoms with Crippen LogP contribution in [0.2, 0.25) is 0 Å². The Morgan fingerprint density at radius 1 is 1.53 bits per heavy atom. The molecule has 0 aromatic carbocycles. The molecule has 8 nitrogen and oxygen atoms in total. The van der Waals surface area contributed by atoms with Crippen LogP contribution in [0, 0.1) is 13.8 Å². The molecule has 1 aromatic heterocycles. The van der Waals surface area contributed by atoms with E-state index in [9.17, 15) is 8.42 Å². The van der Waals surface area contributed by atoms with E-state index < -0.39 is 10.0 Å². The van der Waals surface area contributed by atoms with Gasteiger partial charge in [-0.1, -0.05) is 5.16 Å². The third-order valence-corrected chi connectivity index (χ3v) is 4.94. The number of hydrogen-bond acceptors (Lipinski definition) is 5. The molecule has 4 N–H and O–H groups in total. The highest BCUT2D eigenvalue weighted by Crippen LogP contribution is 2.23. The van der Waals surface area contributed by atoms with E-state index >= 15 is 0 Å². The number of nitrogens with two attached hydrogens (primary N) is 1. The largest absolute Gasteiger partial charge is 0.409 e. The lowest BCUT2D eigenvalue weighted by Crippen LogP contribution is -2.43. The highest BCUT2D eigenvalue weighted by Gasteiger charge is 2.32. The van der Waals surface area contributed by atoms with Gasteiger partial charge in [-0.25, -0.2) is 8.42 Å². The fourth-order valence-corrected chi connectivity index (χ4v) is 3.72. The van der Waals surface area contributed by atoms with Crippen molar-refractivity contribution in [1.29, 1.82) is 0 Å². The Balaban J connectivity index is 3.29. The zero-order valence-electron chi connectivity index (χ0n) is 11.4. The number of hydrogen-bond donors (Lipinski definition) is 3. The summed E-state index contributed by atoms with van der Waals surface area (Å²) in [5.41, 5.74) is 6.26. The molecule has 0 aliphatic rings. The number of oxime groups is 1. The van der Waals surface area contributed by atoms with Gasteiger partial charge in [-0.2, -0.15) is 9.40 Å². The molecule has 0 radical (unpaired) electrons. The van der Waals surface area contributed by atoms with Gasteiger partial charge in [0.1, 0.15) is 4.90 Å². The van der Waals surface area contributed by atoms with Crippen LogP contribution >= 0.6 is 0 Å². The molecule has 0 saturated carbocycles. The van der Waals surface area contributed by atoms with E-state index in [-0.39, 0.29) is 23.3 Å². The normalized spacial score (nSPS) is 13.5. The number of aromatic amines is 1. The number of amidine groups is 1. The number of sulfonamides is 1. The lowest BCUT2D eigenvalue weighted by Gasteiger charge is -2.25. The third kappa shape index (κ3) is 3.04. The van der Waals surface area contributed by atoms with Gasteiger partial charge in [0, 0.05) is 6.04 Å². The average Bonchev–Trinajstić information content (AvgIpc) is 2.65. The number of aromatic nitrogens is 2. The molecule has 0 fully saturated rings. The fraction of sp³-hybridized carbons (Fsp3) is 0.600. The van der Waals surface area contributed by atoms with Crippen LogP contribution in [0.5, 0.6) is 0 Å². The minimum absolute atomic E-state index is 0.131. The van der Waals surface area contributed by atoms with Gasteiger partial charge in [0.05, 0.1) is 17.9 Å². The predicted molar refractivity (Wildman–Crippen MR) is 70.5 cm³/mol. The minimum Gasteiger partial charge on any atom is -0.409 e. The van der Waals surface area contributed by atoms with E-state index in [0.717, 1.165) is 4.31 Å². The van der Waals surface area contributed by atoms with E-state index in [1.165, 1.54) is 0 Å². The van der Waals surface area contributed by atoms with Crippen LogP contribution in [-0.2, 0) is 10.0 Å². The summed E-state index contributed by atoms with van der Waals surface area (Å²) in [6.07, 6.45) is 0. The smallest absolute Gasteiger partial charge is 0.247 e. The third-order valence-electron chi connectivity index (χ3n) is 2.65. The molecule has 108 valence electrons. The molecule has 0 saturated heterocycles. The lowest BCUT2D eigenvalue weighted by atomic mass is 10.4. The molecule has 0 spiro atoms. The van der Waals surface area contributed by atoms with Gasteiger partial charge in [0.25, 0.3) is 0 Å². The first-order valence-electron chi connectivity index (χ1n) is 5.71. The summed E-state index contributed by atoms with van der Waals surface area (Å²) in [7, 11) is -3.76. The standard InChI is InChI=1S/C10H19N5O3S/c1-6(2)15(5-9(11)14-16)19(17,18)10-7(3)12-13-8(10)4/h6,16H,5H2,1-4H3,(H2,11,14)(H,12,13). The van der Waals surface area contributed by atoms with E-state index in [2.05, 4.69) is 15.4 Å². The Bertz CT molecular complexity index is 556. The first-order chi connectivity index (χ1) is 8.71. The molecule has 0 atom stereocenters. The first-order valence-corrected chi connectivity index (χ1v) is 7.15. The Morgan fingerprint density at radius 3 is 2.47 bits per heavy atom. The predicted octanol–water partition coefficient (Wildman–Crippen LogP) is 0.172. The Labute approximate surface area is 112 Å². The van der Waals surface area contributed by atoms with Gasteiger partial charge < -0.3 is 10.9 Å². The molecule has 1 rings (SSSR count). The van der Waals surface area contributed by atoms with Crippen molar-refractivity contribution >= 4 is 15.9 Å². The highest BCUT2D eigenvalue weighted by atomic mass is 32.2. The van der Waals surface area contributed by atoms with Crippen molar-refractivity contribution in [3.05, 3.63) is 11.4 Å². The molecule has 1 aromatic rings. The van der Waals surface area contributed by atoms with Gasteiger partial charge in [0.15, 0.2) is 5.84 Å². The fourth-order valence-electron chi connectivity index (χ4n) is 1.77. The summed E-state index contributed by atoms with van der Waals surface area (Å²) in [5.74, 6) is -0.170. The summed E-state index contributed by atoms with van der Waals surface area (Å²) < 4.78 is 26.4. The van der Waals surface area contributed by atoms with Gasteiger partial charge >= 0.3 is 0 Å². The number of rotatable bonds is 5. The second kappa shape index (κ2) is 5.57. The number of H-pyrrole nitrogens is 1. The van der Waals surface area contributed by atoms with E-state index in [1.807, 2.05) is 0 Å². The quantitative estimate of drug-likeness (QED) is 0.308. The van der Waals surface area contributed by atoms with Crippen LogP contribution in [0.25, 0.3) is 0 Å². The molecular formula is C10H19N5O3S. The van der Waals surface area contributed by atoms with Crippen LogP contribution in [-0.4, -0.2) is 46.5 Å². The van der Waals surface area contributed by atoms with Gasteiger partial charge in [-0.05, 0) is 27.7 Å². The zero-order chi connectivity index (χ0) is 14.8. The second-order valence-corrected chi connectivity index (χ2v) is 6.33. The highest BCUT2D eigenvalue weighted by molar-refractivity contribution is 7.89. The van der Waals surface area contributed by atoms with Crippen molar-refractivity contribution in [2.75, 3.05) is 6.54 Å². The molecule has 0 aliphatic carbocycles. The van der Waals surface area contributed by atoms with Crippen molar-refractivity contribution in [1.82, 2.24) is 14.5 Å². The molecule has 0 bridgehead atoms. The van der Waals surface area contributed by atoms with E-state index in [0.29, 0.717) is 11.4 Å². The van der Waals surface area contributed by atoms with Crippen molar-refractivity contribution < 1.29 is 13.6 Å². The molecule has 0 amide bonds. The van der Waals surface area contributed by atoms with Gasteiger partial charge in [-0.15, -0.1) is 0 Å². The summed E-state index contributed by atoms with van der Waals surface area (Å²) in [6.45, 7) is 6.49. The van der Waals surface area contributed by atoms with E-state index in [4.69, 9.17) is 10.9 Å². The molecule has 9 heteroatoms. The van der Waals surface area contributed by atoms with Crippen molar-refractivity contribution in [2.45, 2.75) is 38.6 Å². The van der Waals surface area contributed by atoms with Crippen LogP contribution in [0.3, 0.4) is 0 Å². The van der Waals surface area contributed by atoms with Crippen LogP contribution in [0.15, 0.2) is 10.1 Å². The summed E-state index contributed by atoms with van der Waals surface area (Å²) in [4.78, 5) is 0.131. The second-order valence-electron chi connectivity index (χ2n) is 4.50. The number of nitrogens with one attached hydrogen (secondary N) is 1.